The van der Waals surface area contributed by atoms with Crippen molar-refractivity contribution in [2.75, 3.05) is 13.1 Å². The second kappa shape index (κ2) is 7.06. The molecule has 0 spiro atoms. The van der Waals surface area contributed by atoms with E-state index in [-0.39, 0.29) is 12.1 Å². The Morgan fingerprint density at radius 1 is 1.46 bits per heavy atom. The summed E-state index contributed by atoms with van der Waals surface area (Å²) >= 11 is 0. The summed E-state index contributed by atoms with van der Waals surface area (Å²) in [6.45, 7) is 11.3. The smallest absolute Gasteiger partial charge is 0.0449 e. The van der Waals surface area contributed by atoms with Crippen molar-refractivity contribution in [2.24, 2.45) is 0 Å². The summed E-state index contributed by atoms with van der Waals surface area (Å²) in [5, 5.41) is 14.2. The normalized spacial score (nSPS) is 15.8. The predicted molar refractivity (Wildman–Crippen MR) is 55.9 cm³/mol. The number of hydrogen-bond acceptors (Lipinski definition) is 3. The van der Waals surface area contributed by atoms with Crippen LogP contribution in [0.4, 0.5) is 0 Å². The van der Waals surface area contributed by atoms with Gasteiger partial charge >= 0.3 is 0 Å². The lowest BCUT2D eigenvalue weighted by Crippen LogP contribution is -2.42. The lowest BCUT2D eigenvalue weighted by molar-refractivity contribution is -0.150. The van der Waals surface area contributed by atoms with Crippen LogP contribution in [0.1, 0.15) is 27.2 Å². The molecule has 0 aliphatic heterocycles. The van der Waals surface area contributed by atoms with Gasteiger partial charge in [0.25, 0.3) is 0 Å². The van der Waals surface area contributed by atoms with Crippen LogP contribution in [0, 0.1) is 0 Å². The first kappa shape index (κ1) is 12.6. The molecule has 3 nitrogen and oxygen atoms in total. The third-order valence-electron chi connectivity index (χ3n) is 2.22. The average molecular weight is 186 g/mol. The molecule has 78 valence electrons. The number of hydrogen-bond donors (Lipinski definition) is 2. The number of rotatable bonds is 7. The summed E-state index contributed by atoms with van der Waals surface area (Å²) < 4.78 is 0. The molecule has 0 radical (unpaired) electrons. The van der Waals surface area contributed by atoms with Crippen LogP contribution in [0.25, 0.3) is 0 Å². The second-order valence-electron chi connectivity index (χ2n) is 3.43. The predicted octanol–water partition coefficient (Wildman–Crippen LogP) is 1.64. The molecule has 0 aromatic rings. The molecule has 0 fully saturated rings. The molecule has 0 heterocycles. The summed E-state index contributed by atoms with van der Waals surface area (Å²) in [6, 6.07) is 0.371. The molecule has 0 aliphatic rings. The third kappa shape index (κ3) is 5.03. The fraction of sp³-hybridized carbons (Fsp3) is 0.800. The van der Waals surface area contributed by atoms with Crippen molar-refractivity contribution >= 4 is 0 Å². The van der Waals surface area contributed by atoms with Crippen molar-refractivity contribution in [1.82, 2.24) is 10.4 Å². The zero-order chi connectivity index (χ0) is 10.3. The maximum Gasteiger partial charge on any atom is 0.0449 e. The Hall–Kier alpha value is -0.380. The zero-order valence-corrected chi connectivity index (χ0v) is 8.95. The largest absolute Gasteiger partial charge is 0.313 e. The molecule has 2 N–H and O–H groups in total. The van der Waals surface area contributed by atoms with Crippen molar-refractivity contribution in [3.05, 3.63) is 12.7 Å². The van der Waals surface area contributed by atoms with Crippen LogP contribution < -0.4 is 5.32 Å². The quantitative estimate of drug-likeness (QED) is 0.360. The first-order valence-corrected chi connectivity index (χ1v) is 4.92. The minimum absolute atomic E-state index is 0.148. The summed E-state index contributed by atoms with van der Waals surface area (Å²) in [6.07, 6.45) is 2.78. The van der Waals surface area contributed by atoms with Crippen molar-refractivity contribution in [1.29, 1.82) is 0 Å². The van der Waals surface area contributed by atoms with Gasteiger partial charge in [0.1, 0.15) is 0 Å². The average Bonchev–Trinajstić information content (AvgIpc) is 2.15. The molecule has 0 aliphatic carbocycles. The van der Waals surface area contributed by atoms with Crippen LogP contribution in [-0.4, -0.2) is 35.4 Å². The van der Waals surface area contributed by atoms with Crippen LogP contribution in [0.5, 0.6) is 0 Å². The maximum absolute atomic E-state index is 9.65. The van der Waals surface area contributed by atoms with Gasteiger partial charge in [-0.3, -0.25) is 0 Å². The standard InChI is InChI=1S/C10H22N2O/c1-5-7-11-8-10(4)12(13)9(3)6-2/h5,9-11,13H,1,6-8H2,2-4H3. The lowest BCUT2D eigenvalue weighted by atomic mass is 10.2. The van der Waals surface area contributed by atoms with E-state index in [2.05, 4.69) is 18.8 Å². The van der Waals surface area contributed by atoms with Crippen LogP contribution in [-0.2, 0) is 0 Å². The molecule has 0 amide bonds. The highest BCUT2D eigenvalue weighted by molar-refractivity contribution is 4.73. The Morgan fingerprint density at radius 3 is 2.54 bits per heavy atom. The van der Waals surface area contributed by atoms with E-state index < -0.39 is 0 Å². The fourth-order valence-electron chi connectivity index (χ4n) is 1.11. The molecule has 0 rings (SSSR count). The number of nitrogens with zero attached hydrogens (tertiary/aromatic N) is 1. The van der Waals surface area contributed by atoms with Crippen molar-refractivity contribution in [3.8, 4) is 0 Å². The van der Waals surface area contributed by atoms with Gasteiger partial charge in [0.05, 0.1) is 0 Å². The highest BCUT2D eigenvalue weighted by Crippen LogP contribution is 2.04. The number of nitrogens with one attached hydrogen (secondary N) is 1. The van der Waals surface area contributed by atoms with Gasteiger partial charge in [-0.05, 0) is 20.3 Å². The van der Waals surface area contributed by atoms with Gasteiger partial charge in [0.2, 0.25) is 0 Å². The molecular formula is C10H22N2O. The summed E-state index contributed by atoms with van der Waals surface area (Å²) in [5.74, 6) is 0. The summed E-state index contributed by atoms with van der Waals surface area (Å²) in [5.41, 5.74) is 0. The van der Waals surface area contributed by atoms with E-state index >= 15 is 0 Å². The minimum atomic E-state index is 0.148. The van der Waals surface area contributed by atoms with Gasteiger partial charge in [-0.1, -0.05) is 13.0 Å². The molecule has 2 unspecified atom stereocenters. The number of hydroxylamine groups is 2. The molecule has 0 aromatic carbocycles. The van der Waals surface area contributed by atoms with Gasteiger partial charge in [-0.2, -0.15) is 5.06 Å². The van der Waals surface area contributed by atoms with Gasteiger partial charge < -0.3 is 10.5 Å². The van der Waals surface area contributed by atoms with Gasteiger partial charge in [-0.15, -0.1) is 6.58 Å². The Bertz CT molecular complexity index is 139. The molecule has 0 saturated carbocycles. The highest BCUT2D eigenvalue weighted by Gasteiger charge is 2.15. The molecule has 0 bridgehead atoms. The molecule has 3 heteroatoms. The summed E-state index contributed by atoms with van der Waals surface area (Å²) in [4.78, 5) is 0. The van der Waals surface area contributed by atoms with Crippen LogP contribution in [0.15, 0.2) is 12.7 Å². The van der Waals surface area contributed by atoms with E-state index in [1.54, 1.807) is 0 Å². The Morgan fingerprint density at radius 2 is 2.08 bits per heavy atom. The third-order valence-corrected chi connectivity index (χ3v) is 2.22. The van der Waals surface area contributed by atoms with E-state index in [1.165, 1.54) is 5.06 Å². The van der Waals surface area contributed by atoms with Gasteiger partial charge in [0.15, 0.2) is 0 Å². The van der Waals surface area contributed by atoms with Gasteiger partial charge in [0, 0.05) is 25.2 Å². The first-order valence-electron chi connectivity index (χ1n) is 4.92. The fourth-order valence-corrected chi connectivity index (χ4v) is 1.11. The highest BCUT2D eigenvalue weighted by atomic mass is 16.5. The Balaban J connectivity index is 3.67. The topological polar surface area (TPSA) is 35.5 Å². The zero-order valence-electron chi connectivity index (χ0n) is 8.95. The van der Waals surface area contributed by atoms with E-state index in [0.29, 0.717) is 0 Å². The second-order valence-corrected chi connectivity index (χ2v) is 3.43. The molecular weight excluding hydrogens is 164 g/mol. The SMILES string of the molecule is C=CCNCC(C)N(O)C(C)CC. The van der Waals surface area contributed by atoms with E-state index in [0.717, 1.165) is 19.5 Å². The van der Waals surface area contributed by atoms with Crippen LogP contribution >= 0.6 is 0 Å². The van der Waals surface area contributed by atoms with Crippen molar-refractivity contribution in [3.63, 3.8) is 0 Å². The molecule has 2 atom stereocenters. The first-order chi connectivity index (χ1) is 6.13. The lowest BCUT2D eigenvalue weighted by Gasteiger charge is -2.27. The minimum Gasteiger partial charge on any atom is -0.313 e. The molecule has 13 heavy (non-hydrogen) atoms. The van der Waals surface area contributed by atoms with E-state index in [9.17, 15) is 5.21 Å². The maximum atomic E-state index is 9.65. The Labute approximate surface area is 81.4 Å². The van der Waals surface area contributed by atoms with Gasteiger partial charge in [-0.25, -0.2) is 0 Å². The Kier molecular flexibility index (Phi) is 6.86. The van der Waals surface area contributed by atoms with E-state index in [4.69, 9.17) is 0 Å². The molecule has 0 aromatic heterocycles. The van der Waals surface area contributed by atoms with Crippen molar-refractivity contribution < 1.29 is 5.21 Å². The summed E-state index contributed by atoms with van der Waals surface area (Å²) in [7, 11) is 0. The van der Waals surface area contributed by atoms with E-state index in [1.807, 2.05) is 19.9 Å². The van der Waals surface area contributed by atoms with Crippen molar-refractivity contribution in [2.45, 2.75) is 39.3 Å². The molecule has 0 saturated heterocycles. The van der Waals surface area contributed by atoms with Crippen LogP contribution in [0.2, 0.25) is 0 Å². The van der Waals surface area contributed by atoms with Crippen LogP contribution in [0.3, 0.4) is 0 Å². The monoisotopic (exact) mass is 186 g/mol.